The van der Waals surface area contributed by atoms with Crippen LogP contribution in [-0.4, -0.2) is 61.0 Å². The molecule has 0 aliphatic carbocycles. The highest BCUT2D eigenvalue weighted by atomic mass is 19.1. The largest absolute Gasteiger partial charge is 0.355 e. The van der Waals surface area contributed by atoms with Crippen LogP contribution in [0.5, 0.6) is 0 Å². The number of nitrogens with zero attached hydrogens (tertiary/aromatic N) is 7. The SMILES string of the molecule is C=CC(=O)N1CCN(c2nc(=O)n(-c3c(C(C)C)ncnc3C(C)C)c3nc(-c4ccccc4C=C)c(F)cc23)[C@@H](C)C1. The van der Waals surface area contributed by atoms with E-state index in [4.69, 9.17) is 4.98 Å². The van der Waals surface area contributed by atoms with Gasteiger partial charge in [-0.15, -0.1) is 0 Å². The Morgan fingerprint density at radius 1 is 1.05 bits per heavy atom. The molecule has 1 aliphatic heterocycles. The summed E-state index contributed by atoms with van der Waals surface area (Å²) in [6, 6.07) is 8.47. The van der Waals surface area contributed by atoms with E-state index in [-0.39, 0.29) is 35.1 Å². The van der Waals surface area contributed by atoms with E-state index in [1.54, 1.807) is 17.0 Å². The maximum atomic E-state index is 16.1. The minimum Gasteiger partial charge on any atom is -0.350 e. The predicted molar refractivity (Wildman–Crippen MR) is 168 cm³/mol. The summed E-state index contributed by atoms with van der Waals surface area (Å²) in [6.45, 7) is 18.6. The van der Waals surface area contributed by atoms with E-state index in [2.05, 4.69) is 28.1 Å². The average Bonchev–Trinajstić information content (AvgIpc) is 2.99. The monoisotopic (exact) mass is 581 g/mol. The molecule has 9 nitrogen and oxygen atoms in total. The van der Waals surface area contributed by atoms with Gasteiger partial charge in [0.05, 0.1) is 22.5 Å². The Hall–Kier alpha value is -4.73. The molecule has 3 aromatic heterocycles. The highest BCUT2D eigenvalue weighted by Crippen LogP contribution is 2.35. The van der Waals surface area contributed by atoms with Crippen LogP contribution < -0.4 is 10.6 Å². The molecular formula is C33H36FN7O2. The van der Waals surface area contributed by atoms with Gasteiger partial charge in [0, 0.05) is 31.2 Å². The molecule has 43 heavy (non-hydrogen) atoms. The molecule has 0 bridgehead atoms. The molecule has 0 N–H and O–H groups in total. The number of fused-ring (bicyclic) bond motifs is 1. The zero-order valence-corrected chi connectivity index (χ0v) is 25.2. The minimum absolute atomic E-state index is 0.0472. The quantitative estimate of drug-likeness (QED) is 0.266. The molecule has 1 fully saturated rings. The van der Waals surface area contributed by atoms with Crippen LogP contribution in [0.4, 0.5) is 10.2 Å². The third-order valence-electron chi connectivity index (χ3n) is 7.82. The van der Waals surface area contributed by atoms with Crippen molar-refractivity contribution in [2.45, 2.75) is 52.5 Å². The summed E-state index contributed by atoms with van der Waals surface area (Å²) in [6.07, 6.45) is 4.45. The molecule has 1 aromatic carbocycles. The Morgan fingerprint density at radius 2 is 1.72 bits per heavy atom. The summed E-state index contributed by atoms with van der Waals surface area (Å²) >= 11 is 0. The Balaban J connectivity index is 1.86. The van der Waals surface area contributed by atoms with Crippen LogP contribution in [0.2, 0.25) is 0 Å². The van der Waals surface area contributed by atoms with Crippen molar-refractivity contribution in [3.8, 4) is 16.9 Å². The number of rotatable bonds is 7. The smallest absolute Gasteiger partial charge is 0.350 e. The van der Waals surface area contributed by atoms with Crippen molar-refractivity contribution in [1.29, 1.82) is 0 Å². The van der Waals surface area contributed by atoms with E-state index >= 15 is 4.39 Å². The second-order valence-corrected chi connectivity index (χ2v) is 11.4. The van der Waals surface area contributed by atoms with Gasteiger partial charge in [0.2, 0.25) is 5.91 Å². The maximum absolute atomic E-state index is 16.1. The molecule has 1 aliphatic rings. The van der Waals surface area contributed by atoms with Gasteiger partial charge in [-0.25, -0.2) is 28.7 Å². The highest BCUT2D eigenvalue weighted by molar-refractivity contribution is 5.91. The van der Waals surface area contributed by atoms with E-state index in [1.807, 2.05) is 57.7 Å². The number of pyridine rings is 1. The molecule has 0 unspecified atom stereocenters. The van der Waals surface area contributed by atoms with Crippen LogP contribution in [0, 0.1) is 5.82 Å². The summed E-state index contributed by atoms with van der Waals surface area (Å²) in [5.41, 5.74) is 2.88. The number of halogens is 1. The summed E-state index contributed by atoms with van der Waals surface area (Å²) in [7, 11) is 0. The molecule has 0 spiro atoms. The van der Waals surface area contributed by atoms with Gasteiger partial charge >= 0.3 is 5.69 Å². The minimum atomic E-state index is -0.569. The molecule has 0 saturated carbocycles. The summed E-state index contributed by atoms with van der Waals surface area (Å²) in [4.78, 5) is 48.7. The van der Waals surface area contributed by atoms with Crippen molar-refractivity contribution >= 4 is 28.8 Å². The second-order valence-electron chi connectivity index (χ2n) is 11.4. The van der Waals surface area contributed by atoms with E-state index < -0.39 is 11.5 Å². The van der Waals surface area contributed by atoms with Crippen LogP contribution >= 0.6 is 0 Å². The lowest BCUT2D eigenvalue weighted by Crippen LogP contribution is -2.54. The number of carbonyl (C=O) groups is 1. The van der Waals surface area contributed by atoms with Crippen molar-refractivity contribution in [3.63, 3.8) is 0 Å². The normalized spacial score (nSPS) is 15.4. The zero-order valence-electron chi connectivity index (χ0n) is 25.2. The standard InChI is InChI=1S/C33H36FN7O2/c1-8-22-12-10-11-13-23(22)29-25(34)16-24-31(40-15-14-39(17-21(40)7)26(42)9-2)38-33(43)41(32(24)37-29)30-27(19(3)4)35-18-36-28(30)20(5)6/h8-13,16,18-21H,1-2,14-15,17H2,3-7H3/t21-/m0/s1. The molecular weight excluding hydrogens is 545 g/mol. The Labute approximate surface area is 250 Å². The predicted octanol–water partition coefficient (Wildman–Crippen LogP) is 5.49. The second kappa shape index (κ2) is 11.9. The lowest BCUT2D eigenvalue weighted by Gasteiger charge is -2.40. The first-order chi connectivity index (χ1) is 20.6. The molecule has 0 radical (unpaired) electrons. The fourth-order valence-electron chi connectivity index (χ4n) is 5.69. The van der Waals surface area contributed by atoms with Crippen LogP contribution in [0.15, 0.2) is 60.7 Å². The molecule has 4 aromatic rings. The van der Waals surface area contributed by atoms with Crippen LogP contribution in [-0.2, 0) is 4.79 Å². The van der Waals surface area contributed by atoms with Gasteiger partial charge in [0.25, 0.3) is 0 Å². The molecule has 10 heteroatoms. The van der Waals surface area contributed by atoms with Crippen molar-refractivity contribution in [2.75, 3.05) is 24.5 Å². The number of amides is 1. The lowest BCUT2D eigenvalue weighted by atomic mass is 10.0. The number of carbonyl (C=O) groups excluding carboxylic acids is 1. The first-order valence-corrected chi connectivity index (χ1v) is 14.5. The highest BCUT2D eigenvalue weighted by Gasteiger charge is 2.31. The fourth-order valence-corrected chi connectivity index (χ4v) is 5.69. The summed E-state index contributed by atoms with van der Waals surface area (Å²) in [5.74, 6) is -0.494. The van der Waals surface area contributed by atoms with Gasteiger partial charge < -0.3 is 9.80 Å². The van der Waals surface area contributed by atoms with Gasteiger partial charge in [-0.3, -0.25) is 4.79 Å². The average molecular weight is 582 g/mol. The third-order valence-corrected chi connectivity index (χ3v) is 7.82. The van der Waals surface area contributed by atoms with Gasteiger partial charge in [-0.1, -0.05) is 71.2 Å². The van der Waals surface area contributed by atoms with Gasteiger partial charge in [0.1, 0.15) is 23.7 Å². The van der Waals surface area contributed by atoms with Crippen molar-refractivity contribution in [2.24, 2.45) is 0 Å². The first kappa shape index (κ1) is 29.8. The first-order valence-electron chi connectivity index (χ1n) is 14.5. The lowest BCUT2D eigenvalue weighted by molar-refractivity contribution is -0.126. The number of hydrogen-bond donors (Lipinski definition) is 0. The maximum Gasteiger partial charge on any atom is 0.355 e. The number of aromatic nitrogens is 5. The Kier molecular flexibility index (Phi) is 8.21. The molecule has 222 valence electrons. The molecule has 5 rings (SSSR count). The van der Waals surface area contributed by atoms with Crippen LogP contribution in [0.3, 0.4) is 0 Å². The molecule has 1 amide bonds. The number of piperazine rings is 1. The Morgan fingerprint density at radius 3 is 2.33 bits per heavy atom. The van der Waals surface area contributed by atoms with E-state index in [1.165, 1.54) is 23.0 Å². The molecule has 4 heterocycles. The summed E-state index contributed by atoms with van der Waals surface area (Å²) in [5, 5.41) is 0.376. The number of benzene rings is 1. The van der Waals surface area contributed by atoms with Crippen molar-refractivity contribution in [3.05, 3.63) is 89.1 Å². The fraction of sp³-hybridized carbons (Fsp3) is 0.333. The number of hydrogen-bond acceptors (Lipinski definition) is 7. The van der Waals surface area contributed by atoms with Crippen LogP contribution in [0.25, 0.3) is 34.1 Å². The van der Waals surface area contributed by atoms with E-state index in [9.17, 15) is 9.59 Å². The van der Waals surface area contributed by atoms with E-state index in [0.717, 1.165) is 0 Å². The van der Waals surface area contributed by atoms with Crippen LogP contribution in [0.1, 0.15) is 63.4 Å². The molecule has 1 atom stereocenters. The molecule has 1 saturated heterocycles. The van der Waals surface area contributed by atoms with Crippen molar-refractivity contribution < 1.29 is 9.18 Å². The van der Waals surface area contributed by atoms with Gasteiger partial charge in [0.15, 0.2) is 5.65 Å². The topological polar surface area (TPSA) is 97.1 Å². The summed E-state index contributed by atoms with van der Waals surface area (Å²) < 4.78 is 17.5. The number of anilines is 1. The Bertz CT molecular complexity index is 1770. The van der Waals surface area contributed by atoms with E-state index in [0.29, 0.717) is 59.0 Å². The van der Waals surface area contributed by atoms with Gasteiger partial charge in [-0.2, -0.15) is 4.98 Å². The third kappa shape index (κ3) is 5.33. The zero-order chi connectivity index (χ0) is 31.0. The van der Waals surface area contributed by atoms with Crippen molar-refractivity contribution in [1.82, 2.24) is 29.4 Å². The van der Waals surface area contributed by atoms with Gasteiger partial charge in [-0.05, 0) is 36.5 Å².